The molecule has 0 aromatic rings. The van der Waals surface area contributed by atoms with E-state index < -0.39 is 0 Å². The van der Waals surface area contributed by atoms with Gasteiger partial charge in [-0.25, -0.2) is 0 Å². The third-order valence-electron chi connectivity index (χ3n) is 2.44. The highest BCUT2D eigenvalue weighted by molar-refractivity contribution is 6.37. The maximum Gasteiger partial charge on any atom is 0.113 e. The SMILES string of the molecule is CCC[B]C1CCCCC1. The van der Waals surface area contributed by atoms with Crippen molar-refractivity contribution in [1.29, 1.82) is 0 Å². The van der Waals surface area contributed by atoms with Crippen molar-refractivity contribution < 1.29 is 0 Å². The average Bonchev–Trinajstić information content (AvgIpc) is 2.03. The Kier molecular flexibility index (Phi) is 3.93. The van der Waals surface area contributed by atoms with Crippen LogP contribution >= 0.6 is 0 Å². The van der Waals surface area contributed by atoms with E-state index in [1.54, 1.807) is 0 Å². The third kappa shape index (κ3) is 2.77. The van der Waals surface area contributed by atoms with Gasteiger partial charge in [-0.15, -0.1) is 0 Å². The van der Waals surface area contributed by atoms with Gasteiger partial charge >= 0.3 is 0 Å². The molecule has 1 fully saturated rings. The Labute approximate surface area is 65.6 Å². The van der Waals surface area contributed by atoms with E-state index in [1.165, 1.54) is 44.8 Å². The molecular formula is C9H18B. The quantitative estimate of drug-likeness (QED) is 0.523. The molecule has 0 amide bonds. The second-order valence-corrected chi connectivity index (χ2v) is 3.42. The third-order valence-corrected chi connectivity index (χ3v) is 2.44. The van der Waals surface area contributed by atoms with Crippen molar-refractivity contribution in [3.8, 4) is 0 Å². The summed E-state index contributed by atoms with van der Waals surface area (Å²) in [5, 5.41) is 0. The van der Waals surface area contributed by atoms with E-state index in [1.807, 2.05) is 0 Å². The van der Waals surface area contributed by atoms with Crippen molar-refractivity contribution in [3.05, 3.63) is 0 Å². The Bertz CT molecular complexity index is 74.8. The van der Waals surface area contributed by atoms with Gasteiger partial charge in [-0.1, -0.05) is 57.6 Å². The number of rotatable bonds is 3. The van der Waals surface area contributed by atoms with Gasteiger partial charge in [-0.2, -0.15) is 0 Å². The van der Waals surface area contributed by atoms with Crippen molar-refractivity contribution in [3.63, 3.8) is 0 Å². The molecule has 0 aromatic heterocycles. The summed E-state index contributed by atoms with van der Waals surface area (Å²) in [5.41, 5.74) is 0. The maximum absolute atomic E-state index is 2.54. The summed E-state index contributed by atoms with van der Waals surface area (Å²) < 4.78 is 0. The molecule has 0 spiro atoms. The van der Waals surface area contributed by atoms with Gasteiger partial charge in [0.15, 0.2) is 0 Å². The number of hydrogen-bond acceptors (Lipinski definition) is 0. The molecule has 1 saturated carbocycles. The fourth-order valence-electron chi connectivity index (χ4n) is 1.77. The lowest BCUT2D eigenvalue weighted by Gasteiger charge is -2.20. The zero-order chi connectivity index (χ0) is 7.23. The molecule has 1 rings (SSSR count). The molecule has 0 nitrogen and oxygen atoms in total. The van der Waals surface area contributed by atoms with Gasteiger partial charge in [0.25, 0.3) is 0 Å². The van der Waals surface area contributed by atoms with E-state index in [0.717, 1.165) is 5.82 Å². The fourth-order valence-corrected chi connectivity index (χ4v) is 1.77. The van der Waals surface area contributed by atoms with E-state index in [9.17, 15) is 0 Å². The smallest absolute Gasteiger partial charge is 0.0802 e. The topological polar surface area (TPSA) is 0 Å². The molecule has 0 aliphatic heterocycles. The monoisotopic (exact) mass is 137 g/mol. The molecule has 0 bridgehead atoms. The lowest BCUT2D eigenvalue weighted by Crippen LogP contribution is -2.07. The molecular weight excluding hydrogens is 119 g/mol. The molecule has 0 atom stereocenters. The maximum atomic E-state index is 2.54. The van der Waals surface area contributed by atoms with Crippen LogP contribution in [0.3, 0.4) is 0 Å². The summed E-state index contributed by atoms with van der Waals surface area (Å²) in [7, 11) is 2.54. The molecule has 0 heterocycles. The van der Waals surface area contributed by atoms with Crippen LogP contribution in [0.15, 0.2) is 0 Å². The summed E-state index contributed by atoms with van der Waals surface area (Å²) in [5.74, 6) is 0.980. The Morgan fingerprint density at radius 1 is 1.20 bits per heavy atom. The molecule has 1 aliphatic rings. The predicted octanol–water partition coefficient (Wildman–Crippen LogP) is 3.27. The summed E-state index contributed by atoms with van der Waals surface area (Å²) >= 11 is 0. The van der Waals surface area contributed by atoms with Crippen LogP contribution in [0.25, 0.3) is 0 Å². The highest BCUT2D eigenvalue weighted by atomic mass is 14.1. The van der Waals surface area contributed by atoms with Crippen LogP contribution in [0.5, 0.6) is 0 Å². The van der Waals surface area contributed by atoms with Crippen LogP contribution in [0, 0.1) is 0 Å². The zero-order valence-electron chi connectivity index (χ0n) is 7.10. The van der Waals surface area contributed by atoms with Crippen LogP contribution in [0.4, 0.5) is 0 Å². The van der Waals surface area contributed by atoms with Crippen molar-refractivity contribution in [2.45, 2.75) is 57.6 Å². The minimum absolute atomic E-state index is 0.980. The molecule has 0 aromatic carbocycles. The van der Waals surface area contributed by atoms with Crippen molar-refractivity contribution in [1.82, 2.24) is 0 Å². The lowest BCUT2D eigenvalue weighted by atomic mass is 9.56. The van der Waals surface area contributed by atoms with Gasteiger partial charge in [0.05, 0.1) is 0 Å². The summed E-state index contributed by atoms with van der Waals surface area (Å²) in [4.78, 5) is 0. The average molecular weight is 137 g/mol. The molecule has 1 aliphatic carbocycles. The molecule has 0 saturated heterocycles. The minimum atomic E-state index is 0.980. The molecule has 1 radical (unpaired) electrons. The van der Waals surface area contributed by atoms with Crippen LogP contribution in [0.1, 0.15) is 45.4 Å². The first-order chi connectivity index (χ1) is 4.93. The van der Waals surface area contributed by atoms with Crippen LogP contribution in [-0.4, -0.2) is 7.28 Å². The Balaban J connectivity index is 2.02. The second kappa shape index (κ2) is 4.82. The normalized spacial score (nSPS) is 20.9. The standard InChI is InChI=1S/C9H18B/c1-2-8-10-9-6-4-3-5-7-9/h9H,2-8H2,1H3. The first kappa shape index (κ1) is 8.16. The highest BCUT2D eigenvalue weighted by Crippen LogP contribution is 2.28. The van der Waals surface area contributed by atoms with Crippen LogP contribution in [-0.2, 0) is 0 Å². The summed E-state index contributed by atoms with van der Waals surface area (Å²) in [6.45, 7) is 2.26. The van der Waals surface area contributed by atoms with Crippen molar-refractivity contribution >= 4 is 7.28 Å². The summed E-state index contributed by atoms with van der Waals surface area (Å²) in [6.07, 6.45) is 10.0. The van der Waals surface area contributed by atoms with Crippen molar-refractivity contribution in [2.24, 2.45) is 0 Å². The van der Waals surface area contributed by atoms with E-state index in [0.29, 0.717) is 0 Å². The molecule has 0 N–H and O–H groups in total. The van der Waals surface area contributed by atoms with Gasteiger partial charge in [-0.05, 0) is 0 Å². The Morgan fingerprint density at radius 3 is 2.50 bits per heavy atom. The van der Waals surface area contributed by atoms with E-state index in [4.69, 9.17) is 0 Å². The van der Waals surface area contributed by atoms with Crippen molar-refractivity contribution in [2.75, 3.05) is 0 Å². The fraction of sp³-hybridized carbons (Fsp3) is 1.00. The van der Waals surface area contributed by atoms with E-state index >= 15 is 0 Å². The van der Waals surface area contributed by atoms with Crippen LogP contribution < -0.4 is 0 Å². The lowest BCUT2D eigenvalue weighted by molar-refractivity contribution is 0.499. The molecule has 1 heteroatoms. The molecule has 0 unspecified atom stereocenters. The van der Waals surface area contributed by atoms with Gasteiger partial charge in [-0.3, -0.25) is 0 Å². The minimum Gasteiger partial charge on any atom is -0.0802 e. The molecule has 10 heavy (non-hydrogen) atoms. The molecule has 57 valence electrons. The first-order valence-electron chi connectivity index (χ1n) is 4.77. The van der Waals surface area contributed by atoms with Crippen LogP contribution in [0.2, 0.25) is 12.1 Å². The second-order valence-electron chi connectivity index (χ2n) is 3.42. The predicted molar refractivity (Wildman–Crippen MR) is 47.7 cm³/mol. The zero-order valence-corrected chi connectivity index (χ0v) is 7.10. The van der Waals surface area contributed by atoms with E-state index in [2.05, 4.69) is 14.2 Å². The Hall–Kier alpha value is 0.0649. The largest absolute Gasteiger partial charge is 0.113 e. The first-order valence-corrected chi connectivity index (χ1v) is 4.77. The van der Waals surface area contributed by atoms with Gasteiger partial charge < -0.3 is 0 Å². The Morgan fingerprint density at radius 2 is 1.90 bits per heavy atom. The summed E-state index contributed by atoms with van der Waals surface area (Å²) in [6, 6.07) is 0. The van der Waals surface area contributed by atoms with E-state index in [-0.39, 0.29) is 0 Å². The van der Waals surface area contributed by atoms with Gasteiger partial charge in [0, 0.05) is 0 Å². The highest BCUT2D eigenvalue weighted by Gasteiger charge is 2.12. The number of hydrogen-bond donors (Lipinski definition) is 0. The van der Waals surface area contributed by atoms with Gasteiger partial charge in [0.2, 0.25) is 0 Å². The van der Waals surface area contributed by atoms with Gasteiger partial charge in [0.1, 0.15) is 7.28 Å².